The van der Waals surface area contributed by atoms with E-state index in [1.54, 1.807) is 0 Å². The van der Waals surface area contributed by atoms with E-state index in [9.17, 15) is 4.79 Å². The molecule has 2 amide bonds. The Morgan fingerprint density at radius 2 is 1.88 bits per heavy atom. The predicted octanol–water partition coefficient (Wildman–Crippen LogP) is 2.02. The van der Waals surface area contributed by atoms with Crippen LogP contribution in [0.1, 0.15) is 16.7 Å². The van der Waals surface area contributed by atoms with Crippen molar-refractivity contribution >= 4 is 6.03 Å². The topological polar surface area (TPSA) is 70.6 Å². The minimum atomic E-state index is -0.171. The predicted molar refractivity (Wildman–Crippen MR) is 92.0 cm³/mol. The van der Waals surface area contributed by atoms with E-state index in [0.29, 0.717) is 13.2 Å². The smallest absolute Gasteiger partial charge is 0.315 e. The normalized spacial score (nSPS) is 16.0. The van der Waals surface area contributed by atoms with Crippen LogP contribution in [0.15, 0.2) is 48.5 Å². The number of urea groups is 1. The molecule has 0 aromatic heterocycles. The summed E-state index contributed by atoms with van der Waals surface area (Å²) in [6, 6.07) is 15.5. The molecule has 1 heterocycles. The molecule has 0 spiro atoms. The Hall–Kier alpha value is -2.53. The zero-order valence-electron chi connectivity index (χ0n) is 13.5. The molecule has 2 aromatic carbocycles. The Kier molecular flexibility index (Phi) is 5.33. The number of hydrogen-bond acceptors (Lipinski definition) is 3. The summed E-state index contributed by atoms with van der Waals surface area (Å²) in [7, 11) is 0. The van der Waals surface area contributed by atoms with Crippen LogP contribution in [0.5, 0.6) is 5.75 Å². The number of hydrogen-bond donors (Lipinski definition) is 3. The maximum Gasteiger partial charge on any atom is 0.315 e. The standard InChI is InChI=1S/C19H22N2O3/c22-12-15-7-5-14(6-8-15)9-10-20-19(23)21-17-11-16-3-1-2-4-18(16)24-13-17/h1-8,17,22H,9-13H2,(H2,20,21,23). The summed E-state index contributed by atoms with van der Waals surface area (Å²) >= 11 is 0. The number of carbonyl (C=O) groups excluding carboxylic acids is 1. The largest absolute Gasteiger partial charge is 0.491 e. The van der Waals surface area contributed by atoms with Gasteiger partial charge >= 0.3 is 6.03 Å². The highest BCUT2D eigenvalue weighted by Gasteiger charge is 2.20. The lowest BCUT2D eigenvalue weighted by Gasteiger charge is -2.26. The molecule has 0 radical (unpaired) electrons. The first kappa shape index (κ1) is 16.3. The molecule has 2 aromatic rings. The molecule has 1 atom stereocenters. The molecular weight excluding hydrogens is 304 g/mol. The molecule has 126 valence electrons. The Morgan fingerprint density at radius 1 is 1.12 bits per heavy atom. The molecule has 0 saturated carbocycles. The van der Waals surface area contributed by atoms with Gasteiger partial charge in [-0.2, -0.15) is 0 Å². The lowest BCUT2D eigenvalue weighted by Crippen LogP contribution is -2.47. The number of amides is 2. The molecule has 3 N–H and O–H groups in total. The summed E-state index contributed by atoms with van der Waals surface area (Å²) in [6.07, 6.45) is 1.54. The van der Waals surface area contributed by atoms with Crippen LogP contribution in [0, 0.1) is 0 Å². The summed E-state index contributed by atoms with van der Waals surface area (Å²) in [4.78, 5) is 12.0. The maximum absolute atomic E-state index is 12.0. The number of nitrogens with one attached hydrogen (secondary N) is 2. The van der Waals surface area contributed by atoms with Gasteiger partial charge in [0.2, 0.25) is 0 Å². The summed E-state index contributed by atoms with van der Waals surface area (Å²) in [6.45, 7) is 1.11. The van der Waals surface area contributed by atoms with Gasteiger partial charge in [-0.3, -0.25) is 0 Å². The van der Waals surface area contributed by atoms with Crippen molar-refractivity contribution in [3.05, 3.63) is 65.2 Å². The molecule has 24 heavy (non-hydrogen) atoms. The van der Waals surface area contributed by atoms with Crippen molar-refractivity contribution in [3.8, 4) is 5.75 Å². The quantitative estimate of drug-likeness (QED) is 0.787. The molecular formula is C19H22N2O3. The molecule has 3 rings (SSSR count). The summed E-state index contributed by atoms with van der Waals surface area (Å²) < 4.78 is 5.67. The molecule has 0 bridgehead atoms. The molecule has 0 saturated heterocycles. The van der Waals surface area contributed by atoms with Gasteiger partial charge in [0.1, 0.15) is 12.4 Å². The summed E-state index contributed by atoms with van der Waals surface area (Å²) in [5, 5.41) is 14.9. The molecule has 0 fully saturated rings. The molecule has 1 unspecified atom stereocenters. The third-order valence-corrected chi connectivity index (χ3v) is 4.12. The minimum Gasteiger partial charge on any atom is -0.491 e. The van der Waals surface area contributed by atoms with E-state index >= 15 is 0 Å². The van der Waals surface area contributed by atoms with Crippen LogP contribution in [0.25, 0.3) is 0 Å². The Morgan fingerprint density at radius 3 is 2.67 bits per heavy atom. The zero-order valence-corrected chi connectivity index (χ0v) is 13.5. The molecule has 0 aliphatic carbocycles. The van der Waals surface area contributed by atoms with Crippen molar-refractivity contribution in [2.45, 2.75) is 25.5 Å². The van der Waals surface area contributed by atoms with Gasteiger partial charge in [-0.05, 0) is 35.6 Å². The van der Waals surface area contributed by atoms with Gasteiger partial charge in [-0.1, -0.05) is 42.5 Å². The van der Waals surface area contributed by atoms with Crippen LogP contribution in [0.4, 0.5) is 4.79 Å². The van der Waals surface area contributed by atoms with Crippen LogP contribution in [-0.4, -0.2) is 30.3 Å². The second-order valence-corrected chi connectivity index (χ2v) is 5.94. The number of fused-ring (bicyclic) bond motifs is 1. The third kappa shape index (κ3) is 4.26. The summed E-state index contributed by atoms with van der Waals surface area (Å²) in [5.41, 5.74) is 3.14. The van der Waals surface area contributed by atoms with Crippen molar-refractivity contribution in [3.63, 3.8) is 0 Å². The first-order valence-electron chi connectivity index (χ1n) is 8.18. The van der Waals surface area contributed by atoms with Gasteiger partial charge in [-0.25, -0.2) is 4.79 Å². The van der Waals surface area contributed by atoms with Crippen molar-refractivity contribution in [2.75, 3.05) is 13.2 Å². The minimum absolute atomic E-state index is 0.0104. The van der Waals surface area contributed by atoms with E-state index < -0.39 is 0 Å². The van der Waals surface area contributed by atoms with Gasteiger partial charge in [0.25, 0.3) is 0 Å². The van der Waals surface area contributed by atoms with Gasteiger partial charge < -0.3 is 20.5 Å². The van der Waals surface area contributed by atoms with E-state index in [0.717, 1.165) is 35.3 Å². The monoisotopic (exact) mass is 326 g/mol. The zero-order chi connectivity index (χ0) is 16.8. The number of rotatable bonds is 5. The number of ether oxygens (including phenoxy) is 1. The third-order valence-electron chi connectivity index (χ3n) is 4.12. The van der Waals surface area contributed by atoms with Crippen LogP contribution in [0.2, 0.25) is 0 Å². The molecule has 1 aliphatic rings. The lowest BCUT2D eigenvalue weighted by molar-refractivity contribution is 0.214. The van der Waals surface area contributed by atoms with Gasteiger partial charge in [-0.15, -0.1) is 0 Å². The second kappa shape index (κ2) is 7.84. The van der Waals surface area contributed by atoms with E-state index in [-0.39, 0.29) is 18.7 Å². The number of para-hydroxylation sites is 1. The second-order valence-electron chi connectivity index (χ2n) is 5.94. The highest BCUT2D eigenvalue weighted by atomic mass is 16.5. The van der Waals surface area contributed by atoms with Gasteiger partial charge in [0, 0.05) is 6.54 Å². The average Bonchev–Trinajstić information content (AvgIpc) is 2.62. The first-order chi connectivity index (χ1) is 11.7. The highest BCUT2D eigenvalue weighted by molar-refractivity contribution is 5.74. The lowest BCUT2D eigenvalue weighted by atomic mass is 10.0. The number of aliphatic hydroxyl groups is 1. The average molecular weight is 326 g/mol. The number of aliphatic hydroxyl groups excluding tert-OH is 1. The van der Waals surface area contributed by atoms with E-state index in [1.165, 1.54) is 0 Å². The van der Waals surface area contributed by atoms with Crippen LogP contribution < -0.4 is 15.4 Å². The van der Waals surface area contributed by atoms with Crippen molar-refractivity contribution in [1.82, 2.24) is 10.6 Å². The Labute approximate surface area is 141 Å². The van der Waals surface area contributed by atoms with Gasteiger partial charge in [0.05, 0.1) is 12.6 Å². The Bertz CT molecular complexity index is 685. The van der Waals surface area contributed by atoms with Crippen molar-refractivity contribution in [1.29, 1.82) is 0 Å². The Balaban J connectivity index is 1.41. The van der Waals surface area contributed by atoms with Crippen LogP contribution in [-0.2, 0) is 19.4 Å². The van der Waals surface area contributed by atoms with Crippen molar-refractivity contribution < 1.29 is 14.6 Å². The maximum atomic E-state index is 12.0. The number of benzene rings is 2. The fourth-order valence-electron chi connectivity index (χ4n) is 2.79. The fourth-order valence-corrected chi connectivity index (χ4v) is 2.79. The fraction of sp³-hybridized carbons (Fsp3) is 0.316. The SMILES string of the molecule is O=C(NCCc1ccc(CO)cc1)NC1COc2ccccc2C1. The first-order valence-corrected chi connectivity index (χ1v) is 8.18. The van der Waals surface area contributed by atoms with E-state index in [2.05, 4.69) is 10.6 Å². The van der Waals surface area contributed by atoms with Crippen LogP contribution in [0.3, 0.4) is 0 Å². The number of carbonyl (C=O) groups is 1. The molecule has 5 nitrogen and oxygen atoms in total. The summed E-state index contributed by atoms with van der Waals surface area (Å²) in [5.74, 6) is 0.905. The van der Waals surface area contributed by atoms with Crippen molar-refractivity contribution in [2.24, 2.45) is 0 Å². The molecule has 1 aliphatic heterocycles. The van der Waals surface area contributed by atoms with E-state index in [1.807, 2.05) is 48.5 Å². The molecule has 5 heteroatoms. The van der Waals surface area contributed by atoms with E-state index in [4.69, 9.17) is 9.84 Å². The highest BCUT2D eigenvalue weighted by Crippen LogP contribution is 2.23. The van der Waals surface area contributed by atoms with Crippen LogP contribution >= 0.6 is 0 Å². The van der Waals surface area contributed by atoms with Gasteiger partial charge in [0.15, 0.2) is 0 Å².